The minimum atomic E-state index is -0.0741. The monoisotopic (exact) mass is 273 g/mol. The van der Waals surface area contributed by atoms with Crippen molar-refractivity contribution in [2.75, 3.05) is 24.6 Å². The van der Waals surface area contributed by atoms with Gasteiger partial charge in [-0.05, 0) is 31.9 Å². The van der Waals surface area contributed by atoms with E-state index < -0.39 is 0 Å². The number of imidazole rings is 1. The van der Waals surface area contributed by atoms with Crippen LogP contribution in [0.15, 0.2) is 30.6 Å². The van der Waals surface area contributed by atoms with Gasteiger partial charge in [0.2, 0.25) is 0 Å². The SMILES string of the molecule is CCOC(=O)C1CCCN(c2cccc3nccn23)C1. The molecule has 0 aliphatic carbocycles. The molecule has 20 heavy (non-hydrogen) atoms. The Morgan fingerprint density at radius 1 is 1.50 bits per heavy atom. The van der Waals surface area contributed by atoms with Gasteiger partial charge >= 0.3 is 5.97 Å². The van der Waals surface area contributed by atoms with Gasteiger partial charge in [0.05, 0.1) is 12.5 Å². The van der Waals surface area contributed by atoms with Crippen molar-refractivity contribution in [1.82, 2.24) is 9.38 Å². The molecule has 2 aromatic rings. The van der Waals surface area contributed by atoms with Gasteiger partial charge in [0.25, 0.3) is 0 Å². The van der Waals surface area contributed by atoms with Crippen molar-refractivity contribution in [2.45, 2.75) is 19.8 Å². The number of rotatable bonds is 3. The molecule has 1 saturated heterocycles. The van der Waals surface area contributed by atoms with Crippen LogP contribution in [0.5, 0.6) is 0 Å². The lowest BCUT2D eigenvalue weighted by atomic mass is 9.98. The molecule has 1 unspecified atom stereocenters. The van der Waals surface area contributed by atoms with Gasteiger partial charge in [0.1, 0.15) is 11.5 Å². The summed E-state index contributed by atoms with van der Waals surface area (Å²) in [5.74, 6) is 0.992. The van der Waals surface area contributed by atoms with Crippen LogP contribution in [0, 0.1) is 5.92 Å². The first-order valence-corrected chi connectivity index (χ1v) is 7.13. The molecule has 1 aliphatic rings. The van der Waals surface area contributed by atoms with Crippen LogP contribution in [0.3, 0.4) is 0 Å². The number of carbonyl (C=O) groups excluding carboxylic acids is 1. The van der Waals surface area contributed by atoms with E-state index in [1.54, 1.807) is 6.20 Å². The molecule has 0 amide bonds. The first-order chi connectivity index (χ1) is 9.79. The van der Waals surface area contributed by atoms with E-state index in [4.69, 9.17) is 4.74 Å². The van der Waals surface area contributed by atoms with Crippen molar-refractivity contribution in [3.05, 3.63) is 30.6 Å². The number of aromatic nitrogens is 2. The first kappa shape index (κ1) is 13.0. The summed E-state index contributed by atoms with van der Waals surface area (Å²) in [5.41, 5.74) is 0.931. The molecule has 3 rings (SSSR count). The number of hydrogen-bond donors (Lipinski definition) is 0. The Labute approximate surface area is 118 Å². The van der Waals surface area contributed by atoms with Crippen molar-refractivity contribution >= 4 is 17.4 Å². The zero-order valence-electron chi connectivity index (χ0n) is 11.7. The average Bonchev–Trinajstić information content (AvgIpc) is 2.96. The molecule has 2 aromatic heterocycles. The summed E-state index contributed by atoms with van der Waals surface area (Å²) >= 11 is 0. The van der Waals surface area contributed by atoms with E-state index in [1.165, 1.54) is 0 Å². The fourth-order valence-electron chi connectivity index (χ4n) is 2.83. The summed E-state index contributed by atoms with van der Waals surface area (Å²) in [6, 6.07) is 6.06. The van der Waals surface area contributed by atoms with Gasteiger partial charge in [0.15, 0.2) is 0 Å². The van der Waals surface area contributed by atoms with E-state index in [2.05, 4.69) is 20.4 Å². The summed E-state index contributed by atoms with van der Waals surface area (Å²) in [6.07, 6.45) is 5.67. The van der Waals surface area contributed by atoms with Gasteiger partial charge in [-0.1, -0.05) is 6.07 Å². The highest BCUT2D eigenvalue weighted by Crippen LogP contribution is 2.24. The zero-order valence-corrected chi connectivity index (χ0v) is 11.7. The Bertz CT molecular complexity index is 608. The second-order valence-electron chi connectivity index (χ2n) is 5.08. The van der Waals surface area contributed by atoms with Gasteiger partial charge in [-0.3, -0.25) is 9.20 Å². The largest absolute Gasteiger partial charge is 0.466 e. The number of pyridine rings is 1. The molecule has 1 atom stereocenters. The maximum Gasteiger partial charge on any atom is 0.310 e. The van der Waals surface area contributed by atoms with Crippen LogP contribution < -0.4 is 4.90 Å². The third kappa shape index (κ3) is 2.35. The molecule has 3 heterocycles. The summed E-state index contributed by atoms with van der Waals surface area (Å²) in [7, 11) is 0. The van der Waals surface area contributed by atoms with E-state index in [0.29, 0.717) is 6.61 Å². The van der Waals surface area contributed by atoms with Crippen LogP contribution in [-0.4, -0.2) is 35.1 Å². The van der Waals surface area contributed by atoms with Gasteiger partial charge in [-0.2, -0.15) is 0 Å². The predicted molar refractivity (Wildman–Crippen MR) is 76.8 cm³/mol. The van der Waals surface area contributed by atoms with Crippen LogP contribution in [0.4, 0.5) is 5.82 Å². The second-order valence-corrected chi connectivity index (χ2v) is 5.08. The number of nitrogens with zero attached hydrogens (tertiary/aromatic N) is 3. The highest BCUT2D eigenvalue weighted by molar-refractivity contribution is 5.73. The second kappa shape index (κ2) is 5.53. The first-order valence-electron chi connectivity index (χ1n) is 7.13. The van der Waals surface area contributed by atoms with E-state index in [1.807, 2.05) is 25.3 Å². The minimum absolute atomic E-state index is 0.0255. The molecule has 1 aliphatic heterocycles. The Balaban J connectivity index is 1.83. The molecular formula is C15H19N3O2. The zero-order chi connectivity index (χ0) is 13.9. The summed E-state index contributed by atoms with van der Waals surface area (Å²) in [6.45, 7) is 3.99. The van der Waals surface area contributed by atoms with Crippen LogP contribution >= 0.6 is 0 Å². The highest BCUT2D eigenvalue weighted by atomic mass is 16.5. The van der Waals surface area contributed by atoms with Crippen molar-refractivity contribution in [2.24, 2.45) is 5.92 Å². The summed E-state index contributed by atoms with van der Waals surface area (Å²) < 4.78 is 7.22. The third-order valence-corrected chi connectivity index (χ3v) is 3.77. The number of esters is 1. The van der Waals surface area contributed by atoms with Gasteiger partial charge < -0.3 is 9.64 Å². The Hall–Kier alpha value is -2.04. The molecule has 0 N–H and O–H groups in total. The number of ether oxygens (including phenoxy) is 1. The Kier molecular flexibility index (Phi) is 3.58. The summed E-state index contributed by atoms with van der Waals surface area (Å²) in [5, 5.41) is 0. The molecule has 0 saturated carbocycles. The lowest BCUT2D eigenvalue weighted by Gasteiger charge is -2.33. The van der Waals surface area contributed by atoms with E-state index >= 15 is 0 Å². The lowest BCUT2D eigenvalue weighted by Crippen LogP contribution is -2.40. The van der Waals surface area contributed by atoms with Crippen molar-refractivity contribution < 1.29 is 9.53 Å². The van der Waals surface area contributed by atoms with E-state index in [9.17, 15) is 4.79 Å². The molecule has 0 spiro atoms. The van der Waals surface area contributed by atoms with Gasteiger partial charge in [-0.25, -0.2) is 4.98 Å². The number of anilines is 1. The molecule has 1 fully saturated rings. The van der Waals surface area contributed by atoms with Crippen molar-refractivity contribution in [1.29, 1.82) is 0 Å². The molecule has 0 aromatic carbocycles. The predicted octanol–water partition coefficient (Wildman–Crippen LogP) is 2.11. The number of hydrogen-bond acceptors (Lipinski definition) is 4. The molecule has 5 nitrogen and oxygen atoms in total. The molecule has 106 valence electrons. The van der Waals surface area contributed by atoms with Gasteiger partial charge in [-0.15, -0.1) is 0 Å². The van der Waals surface area contributed by atoms with Crippen molar-refractivity contribution in [3.8, 4) is 0 Å². The standard InChI is InChI=1S/C15H19N3O2/c1-2-20-15(19)12-5-4-9-17(11-12)14-7-3-6-13-16-8-10-18(13)14/h3,6-8,10,12H,2,4-5,9,11H2,1H3. The quantitative estimate of drug-likeness (QED) is 0.804. The maximum atomic E-state index is 11.9. The van der Waals surface area contributed by atoms with E-state index in [0.717, 1.165) is 37.4 Å². The number of fused-ring (bicyclic) bond motifs is 1. The molecule has 0 radical (unpaired) electrons. The van der Waals surface area contributed by atoms with Crippen LogP contribution in [0.1, 0.15) is 19.8 Å². The molecule has 5 heteroatoms. The Morgan fingerprint density at radius 2 is 2.40 bits per heavy atom. The molecular weight excluding hydrogens is 254 g/mol. The topological polar surface area (TPSA) is 46.8 Å². The fourth-order valence-corrected chi connectivity index (χ4v) is 2.83. The Morgan fingerprint density at radius 3 is 3.25 bits per heavy atom. The normalized spacial score (nSPS) is 19.2. The summed E-state index contributed by atoms with van der Waals surface area (Å²) in [4.78, 5) is 18.5. The fraction of sp³-hybridized carbons (Fsp3) is 0.467. The molecule has 0 bridgehead atoms. The highest BCUT2D eigenvalue weighted by Gasteiger charge is 2.27. The smallest absolute Gasteiger partial charge is 0.310 e. The number of piperidine rings is 1. The van der Waals surface area contributed by atoms with Crippen LogP contribution in [0.2, 0.25) is 0 Å². The average molecular weight is 273 g/mol. The van der Waals surface area contributed by atoms with E-state index in [-0.39, 0.29) is 11.9 Å². The third-order valence-electron chi connectivity index (χ3n) is 3.77. The minimum Gasteiger partial charge on any atom is -0.466 e. The van der Waals surface area contributed by atoms with Gasteiger partial charge in [0, 0.05) is 25.5 Å². The maximum absolute atomic E-state index is 11.9. The van der Waals surface area contributed by atoms with Crippen LogP contribution in [0.25, 0.3) is 5.65 Å². The van der Waals surface area contributed by atoms with Crippen molar-refractivity contribution in [3.63, 3.8) is 0 Å². The van der Waals surface area contributed by atoms with Crippen LogP contribution in [-0.2, 0) is 9.53 Å². The lowest BCUT2D eigenvalue weighted by molar-refractivity contribution is -0.148. The number of carbonyl (C=O) groups is 1.